The molecule has 0 spiro atoms. The lowest BCUT2D eigenvalue weighted by atomic mass is 9.82. The molecule has 4 aromatic carbocycles. The molecule has 1 aliphatic heterocycles. The van der Waals surface area contributed by atoms with E-state index in [0.29, 0.717) is 16.9 Å². The number of hydrogen-bond acceptors (Lipinski definition) is 2. The van der Waals surface area contributed by atoms with E-state index >= 15 is 0 Å². The number of fused-ring (bicyclic) bond motifs is 3. The SMILES string of the molecule is OCc1cc2ccccc2c2c1OC(c1ccccc1)(c1ccccc1F)C=C2. The highest BCUT2D eigenvalue weighted by atomic mass is 19.1. The van der Waals surface area contributed by atoms with Crippen LogP contribution < -0.4 is 4.74 Å². The molecule has 1 unspecified atom stereocenters. The Morgan fingerprint density at radius 3 is 2.38 bits per heavy atom. The van der Waals surface area contributed by atoms with Crippen molar-refractivity contribution in [2.45, 2.75) is 12.2 Å². The first-order valence-electron chi connectivity index (χ1n) is 9.57. The molecule has 0 aromatic heterocycles. The number of aliphatic hydroxyl groups excluding tert-OH is 1. The fraction of sp³-hybridized carbons (Fsp3) is 0.0769. The first-order chi connectivity index (χ1) is 14.2. The van der Waals surface area contributed by atoms with E-state index < -0.39 is 5.60 Å². The molecule has 0 bridgehead atoms. The predicted molar refractivity (Wildman–Crippen MR) is 113 cm³/mol. The molecule has 4 aromatic rings. The van der Waals surface area contributed by atoms with E-state index in [4.69, 9.17) is 4.74 Å². The second-order valence-electron chi connectivity index (χ2n) is 7.17. The van der Waals surface area contributed by atoms with Crippen LogP contribution in [0.5, 0.6) is 5.75 Å². The summed E-state index contributed by atoms with van der Waals surface area (Å²) in [5.41, 5.74) is 1.72. The minimum atomic E-state index is -1.12. The molecule has 5 rings (SSSR count). The Kier molecular flexibility index (Phi) is 4.18. The molecule has 0 amide bonds. The molecule has 1 aliphatic rings. The largest absolute Gasteiger partial charge is 0.472 e. The Hall–Kier alpha value is -3.43. The van der Waals surface area contributed by atoms with Gasteiger partial charge in [0.25, 0.3) is 0 Å². The highest BCUT2D eigenvalue weighted by Crippen LogP contribution is 2.46. The monoisotopic (exact) mass is 382 g/mol. The van der Waals surface area contributed by atoms with Gasteiger partial charge >= 0.3 is 0 Å². The average molecular weight is 382 g/mol. The Morgan fingerprint density at radius 2 is 1.59 bits per heavy atom. The average Bonchev–Trinajstić information content (AvgIpc) is 2.79. The summed E-state index contributed by atoms with van der Waals surface area (Å²) >= 11 is 0. The summed E-state index contributed by atoms with van der Waals surface area (Å²) in [6, 6.07) is 26.2. The maximum Gasteiger partial charge on any atom is 0.180 e. The van der Waals surface area contributed by atoms with Gasteiger partial charge in [-0.15, -0.1) is 0 Å². The van der Waals surface area contributed by atoms with Crippen molar-refractivity contribution >= 4 is 16.8 Å². The number of ether oxygens (including phenoxy) is 1. The molecule has 0 fully saturated rings. The highest BCUT2D eigenvalue weighted by molar-refractivity contribution is 5.95. The van der Waals surface area contributed by atoms with Gasteiger partial charge < -0.3 is 9.84 Å². The van der Waals surface area contributed by atoms with Crippen molar-refractivity contribution in [2.75, 3.05) is 0 Å². The number of benzene rings is 4. The first-order valence-corrected chi connectivity index (χ1v) is 9.57. The van der Waals surface area contributed by atoms with Gasteiger partial charge in [-0.25, -0.2) is 4.39 Å². The lowest BCUT2D eigenvalue weighted by Crippen LogP contribution is -2.35. The molecule has 142 valence electrons. The van der Waals surface area contributed by atoms with Crippen LogP contribution >= 0.6 is 0 Å². The fourth-order valence-electron chi connectivity index (χ4n) is 4.12. The van der Waals surface area contributed by atoms with Crippen LogP contribution in [-0.2, 0) is 12.2 Å². The van der Waals surface area contributed by atoms with Crippen LogP contribution in [-0.4, -0.2) is 5.11 Å². The van der Waals surface area contributed by atoms with Crippen LogP contribution in [0.1, 0.15) is 22.3 Å². The summed E-state index contributed by atoms with van der Waals surface area (Å²) in [5, 5.41) is 12.1. The number of halogens is 1. The molecule has 0 aliphatic carbocycles. The molecule has 3 heteroatoms. The third-order valence-electron chi connectivity index (χ3n) is 5.51. The zero-order chi connectivity index (χ0) is 19.8. The maximum atomic E-state index is 15.0. The van der Waals surface area contributed by atoms with Gasteiger partial charge in [-0.2, -0.15) is 0 Å². The van der Waals surface area contributed by atoms with Gasteiger partial charge in [-0.05, 0) is 35.1 Å². The molecule has 1 N–H and O–H groups in total. The minimum Gasteiger partial charge on any atom is -0.472 e. The van der Waals surface area contributed by atoms with Crippen LogP contribution in [0.2, 0.25) is 0 Å². The van der Waals surface area contributed by atoms with E-state index in [2.05, 4.69) is 0 Å². The Bertz CT molecular complexity index is 1230. The van der Waals surface area contributed by atoms with Crippen LogP contribution in [0, 0.1) is 5.82 Å². The van der Waals surface area contributed by atoms with Crippen LogP contribution in [0.15, 0.2) is 91.0 Å². The third kappa shape index (κ3) is 2.74. The van der Waals surface area contributed by atoms with Gasteiger partial charge in [0.1, 0.15) is 11.6 Å². The second kappa shape index (κ2) is 6.87. The van der Waals surface area contributed by atoms with Gasteiger partial charge in [0, 0.05) is 22.3 Å². The van der Waals surface area contributed by atoms with E-state index in [0.717, 1.165) is 21.9 Å². The maximum absolute atomic E-state index is 15.0. The molecular formula is C26H19FO2. The summed E-state index contributed by atoms with van der Waals surface area (Å²) in [6.45, 7) is -0.164. The molecule has 1 heterocycles. The van der Waals surface area contributed by atoms with Crippen molar-refractivity contribution in [3.05, 3.63) is 119 Å². The summed E-state index contributed by atoms with van der Waals surface area (Å²) in [5.74, 6) is 0.247. The summed E-state index contributed by atoms with van der Waals surface area (Å²) in [6.07, 6.45) is 3.90. The molecule has 2 nitrogen and oxygen atoms in total. The topological polar surface area (TPSA) is 29.5 Å². The van der Waals surface area contributed by atoms with Crippen molar-refractivity contribution in [2.24, 2.45) is 0 Å². The van der Waals surface area contributed by atoms with Crippen molar-refractivity contribution in [1.29, 1.82) is 0 Å². The van der Waals surface area contributed by atoms with Crippen LogP contribution in [0.4, 0.5) is 4.39 Å². The summed E-state index contributed by atoms with van der Waals surface area (Å²) < 4.78 is 21.6. The van der Waals surface area contributed by atoms with Crippen molar-refractivity contribution < 1.29 is 14.2 Å². The zero-order valence-corrected chi connectivity index (χ0v) is 15.7. The quantitative estimate of drug-likeness (QED) is 0.484. The minimum absolute atomic E-state index is 0.164. The second-order valence-corrected chi connectivity index (χ2v) is 7.17. The molecule has 29 heavy (non-hydrogen) atoms. The van der Waals surface area contributed by atoms with Gasteiger partial charge in [-0.1, -0.05) is 72.8 Å². The number of hydrogen-bond donors (Lipinski definition) is 1. The van der Waals surface area contributed by atoms with Crippen LogP contribution in [0.3, 0.4) is 0 Å². The van der Waals surface area contributed by atoms with E-state index in [1.54, 1.807) is 12.1 Å². The lowest BCUT2D eigenvalue weighted by molar-refractivity contribution is 0.150. The Labute approximate surface area is 168 Å². The Balaban J connectivity index is 1.81. The van der Waals surface area contributed by atoms with Gasteiger partial charge in [0.05, 0.1) is 6.61 Å². The predicted octanol–water partition coefficient (Wildman–Crippen LogP) is 5.82. The fourth-order valence-corrected chi connectivity index (χ4v) is 4.12. The number of aliphatic hydroxyl groups is 1. The molecule has 0 saturated heterocycles. The summed E-state index contributed by atoms with van der Waals surface area (Å²) in [7, 11) is 0. The standard InChI is InChI=1S/C26H19FO2/c27-24-13-7-6-12-23(24)26(20-9-2-1-3-10-20)15-14-22-21-11-5-4-8-18(21)16-19(17-28)25(22)29-26/h1-16,28H,17H2. The summed E-state index contributed by atoms with van der Waals surface area (Å²) in [4.78, 5) is 0. The van der Waals surface area contributed by atoms with Crippen LogP contribution in [0.25, 0.3) is 16.8 Å². The zero-order valence-electron chi connectivity index (χ0n) is 15.7. The molecule has 1 atom stereocenters. The van der Waals surface area contributed by atoms with Crippen molar-refractivity contribution in [3.8, 4) is 5.75 Å². The van der Waals surface area contributed by atoms with E-state index in [9.17, 15) is 9.50 Å². The van der Waals surface area contributed by atoms with Crippen molar-refractivity contribution in [1.82, 2.24) is 0 Å². The lowest BCUT2D eigenvalue weighted by Gasteiger charge is -2.37. The van der Waals surface area contributed by atoms with E-state index in [1.807, 2.05) is 78.9 Å². The third-order valence-corrected chi connectivity index (χ3v) is 5.51. The van der Waals surface area contributed by atoms with Crippen molar-refractivity contribution in [3.63, 3.8) is 0 Å². The Morgan fingerprint density at radius 1 is 0.862 bits per heavy atom. The molecular weight excluding hydrogens is 363 g/mol. The van der Waals surface area contributed by atoms with Gasteiger partial charge in [0.15, 0.2) is 5.60 Å². The van der Waals surface area contributed by atoms with Gasteiger partial charge in [0.2, 0.25) is 0 Å². The number of rotatable bonds is 3. The first kappa shape index (κ1) is 17.7. The molecule has 0 saturated carbocycles. The normalized spacial score (nSPS) is 17.7. The van der Waals surface area contributed by atoms with E-state index in [1.165, 1.54) is 6.07 Å². The van der Waals surface area contributed by atoms with Gasteiger partial charge in [-0.3, -0.25) is 0 Å². The van der Waals surface area contributed by atoms with E-state index in [-0.39, 0.29) is 12.4 Å². The highest BCUT2D eigenvalue weighted by Gasteiger charge is 2.40. The smallest absolute Gasteiger partial charge is 0.180 e. The molecule has 0 radical (unpaired) electrons.